The van der Waals surface area contributed by atoms with Gasteiger partial charge in [-0.1, -0.05) is 34.1 Å². The van der Waals surface area contributed by atoms with Gasteiger partial charge >= 0.3 is 0 Å². The van der Waals surface area contributed by atoms with Gasteiger partial charge in [0.2, 0.25) is 5.91 Å². The fourth-order valence-corrected chi connectivity index (χ4v) is 4.52. The third-order valence-corrected chi connectivity index (χ3v) is 6.72. The van der Waals surface area contributed by atoms with Gasteiger partial charge in [-0.3, -0.25) is 4.79 Å². The van der Waals surface area contributed by atoms with E-state index in [0.29, 0.717) is 30.0 Å². The van der Waals surface area contributed by atoms with Gasteiger partial charge in [0.05, 0.1) is 17.0 Å². The molecule has 1 saturated heterocycles. The van der Waals surface area contributed by atoms with E-state index in [1.807, 2.05) is 36.5 Å². The number of nitrogens with one attached hydrogen (secondary N) is 1. The van der Waals surface area contributed by atoms with Crippen LogP contribution in [0.1, 0.15) is 24.0 Å². The summed E-state index contributed by atoms with van der Waals surface area (Å²) in [4.78, 5) is 23.8. The van der Waals surface area contributed by atoms with Gasteiger partial charge in [-0.25, -0.2) is 19.0 Å². The van der Waals surface area contributed by atoms with Crippen LogP contribution in [0.4, 0.5) is 10.2 Å². The number of halogens is 2. The van der Waals surface area contributed by atoms with Crippen LogP contribution < -0.4 is 10.2 Å². The van der Waals surface area contributed by atoms with Gasteiger partial charge in [-0.2, -0.15) is 0 Å². The lowest BCUT2D eigenvalue weighted by Gasteiger charge is -2.33. The first-order valence-corrected chi connectivity index (χ1v) is 12.0. The van der Waals surface area contributed by atoms with Crippen LogP contribution in [0.25, 0.3) is 16.7 Å². The number of nitrogens with zero attached hydrogens (tertiary/aromatic N) is 5. The number of carbonyl (C=O) groups is 1. The van der Waals surface area contributed by atoms with E-state index >= 15 is 0 Å². The van der Waals surface area contributed by atoms with Crippen molar-refractivity contribution in [2.75, 3.05) is 18.0 Å². The summed E-state index contributed by atoms with van der Waals surface area (Å²) < 4.78 is 16.7. The van der Waals surface area contributed by atoms with E-state index in [-0.39, 0.29) is 17.6 Å². The first-order chi connectivity index (χ1) is 16.5. The molecule has 1 amide bonds. The molecule has 174 valence electrons. The van der Waals surface area contributed by atoms with Crippen molar-refractivity contribution in [2.45, 2.75) is 26.3 Å². The third-order valence-electron chi connectivity index (χ3n) is 6.19. The Balaban J connectivity index is 1.33. The number of fused-ring (bicyclic) bond motifs is 1. The number of hydrogen-bond donors (Lipinski definition) is 1. The Kier molecular flexibility index (Phi) is 6.28. The zero-order valence-electron chi connectivity index (χ0n) is 18.7. The van der Waals surface area contributed by atoms with Gasteiger partial charge < -0.3 is 10.2 Å². The molecule has 4 aromatic rings. The number of carbonyl (C=O) groups excluding carboxylic acids is 1. The lowest BCUT2D eigenvalue weighted by Crippen LogP contribution is -2.43. The molecule has 7 nitrogen and oxygen atoms in total. The van der Waals surface area contributed by atoms with Crippen LogP contribution >= 0.6 is 15.9 Å². The Labute approximate surface area is 205 Å². The summed E-state index contributed by atoms with van der Waals surface area (Å²) >= 11 is 3.43. The molecule has 0 saturated carbocycles. The van der Waals surface area contributed by atoms with Crippen LogP contribution in [0.5, 0.6) is 0 Å². The summed E-state index contributed by atoms with van der Waals surface area (Å²) in [6.07, 6.45) is 5.03. The molecule has 34 heavy (non-hydrogen) atoms. The van der Waals surface area contributed by atoms with Crippen molar-refractivity contribution >= 4 is 38.7 Å². The van der Waals surface area contributed by atoms with Crippen molar-refractivity contribution in [3.8, 4) is 5.69 Å². The van der Waals surface area contributed by atoms with Gasteiger partial charge in [0.1, 0.15) is 18.0 Å². The molecule has 0 radical (unpaired) electrons. The average molecular weight is 523 g/mol. The molecule has 1 atom stereocenters. The Morgan fingerprint density at radius 3 is 2.82 bits per heavy atom. The minimum Gasteiger partial charge on any atom is -0.355 e. The molecule has 5 rings (SSSR count). The number of benzene rings is 2. The maximum absolute atomic E-state index is 14.1. The molecular formula is C25H24BrFN6O. The highest BCUT2D eigenvalue weighted by Crippen LogP contribution is 2.28. The van der Waals surface area contributed by atoms with Crippen molar-refractivity contribution in [3.05, 3.63) is 76.4 Å². The van der Waals surface area contributed by atoms with Crippen LogP contribution in [0.15, 0.2) is 59.5 Å². The van der Waals surface area contributed by atoms with Crippen molar-refractivity contribution in [1.82, 2.24) is 25.1 Å². The molecule has 2 aromatic carbocycles. The van der Waals surface area contributed by atoms with Crippen molar-refractivity contribution in [2.24, 2.45) is 5.92 Å². The maximum Gasteiger partial charge on any atom is 0.225 e. The van der Waals surface area contributed by atoms with E-state index in [9.17, 15) is 9.18 Å². The van der Waals surface area contributed by atoms with E-state index in [1.54, 1.807) is 17.7 Å². The van der Waals surface area contributed by atoms with E-state index < -0.39 is 0 Å². The van der Waals surface area contributed by atoms with Crippen LogP contribution in [0, 0.1) is 18.7 Å². The van der Waals surface area contributed by atoms with Crippen molar-refractivity contribution in [3.63, 3.8) is 0 Å². The monoisotopic (exact) mass is 522 g/mol. The Hall–Kier alpha value is -3.33. The van der Waals surface area contributed by atoms with Gasteiger partial charge in [0.25, 0.3) is 0 Å². The minimum absolute atomic E-state index is 0.0451. The van der Waals surface area contributed by atoms with Gasteiger partial charge in [0, 0.05) is 30.3 Å². The van der Waals surface area contributed by atoms with Crippen LogP contribution in [-0.2, 0) is 11.3 Å². The normalized spacial score (nSPS) is 16.1. The third kappa shape index (κ3) is 4.65. The largest absolute Gasteiger partial charge is 0.355 e. The summed E-state index contributed by atoms with van der Waals surface area (Å²) in [5.41, 5.74) is 2.80. The maximum atomic E-state index is 14.1. The summed E-state index contributed by atoms with van der Waals surface area (Å²) in [7, 11) is 0. The zero-order valence-corrected chi connectivity index (χ0v) is 20.3. The second-order valence-corrected chi connectivity index (χ2v) is 9.49. The molecule has 0 unspecified atom stereocenters. The van der Waals surface area contributed by atoms with Gasteiger partial charge in [0.15, 0.2) is 5.65 Å². The van der Waals surface area contributed by atoms with E-state index in [4.69, 9.17) is 0 Å². The van der Waals surface area contributed by atoms with E-state index in [2.05, 4.69) is 41.2 Å². The molecule has 0 aliphatic carbocycles. The zero-order chi connectivity index (χ0) is 23.7. The predicted molar refractivity (Wildman–Crippen MR) is 132 cm³/mol. The molecular weight excluding hydrogens is 499 g/mol. The molecule has 1 N–H and O–H groups in total. The SMILES string of the molecule is Cc1ccc(-n2cc3c(N4CCC[C@@H](C(=O)NCc5ccc(Br)cc5)C4)ncnc3n2)cc1F. The number of aromatic nitrogens is 4. The second-order valence-electron chi connectivity index (χ2n) is 8.57. The lowest BCUT2D eigenvalue weighted by atomic mass is 9.97. The first-order valence-electron chi connectivity index (χ1n) is 11.2. The number of aryl methyl sites for hydroxylation is 1. The Morgan fingerprint density at radius 2 is 2.03 bits per heavy atom. The van der Waals surface area contributed by atoms with Crippen molar-refractivity contribution in [1.29, 1.82) is 0 Å². The number of amides is 1. The molecule has 9 heteroatoms. The molecule has 3 heterocycles. The molecule has 0 bridgehead atoms. The summed E-state index contributed by atoms with van der Waals surface area (Å²) in [5.74, 6) is 0.379. The predicted octanol–water partition coefficient (Wildman–Crippen LogP) is 4.56. The quantitative estimate of drug-likeness (QED) is 0.415. The smallest absolute Gasteiger partial charge is 0.225 e. The molecule has 2 aromatic heterocycles. The number of hydrogen-bond acceptors (Lipinski definition) is 5. The molecule has 1 fully saturated rings. The standard InChI is InChI=1S/C25H24BrFN6O/c1-16-4-9-20(11-22(16)27)33-14-21-23(31-33)29-15-30-24(21)32-10-2-3-18(13-32)25(34)28-12-17-5-7-19(26)8-6-17/h4-9,11,14-15,18H,2-3,10,12-13H2,1H3,(H,28,34)/t18-/m1/s1. The average Bonchev–Trinajstić information content (AvgIpc) is 3.30. The fourth-order valence-electron chi connectivity index (χ4n) is 4.25. The lowest BCUT2D eigenvalue weighted by molar-refractivity contribution is -0.125. The van der Waals surface area contributed by atoms with Crippen LogP contribution in [-0.4, -0.2) is 38.7 Å². The first kappa shape index (κ1) is 22.5. The molecule has 1 aliphatic heterocycles. The molecule has 0 spiro atoms. The number of rotatable bonds is 5. The van der Waals surface area contributed by atoms with E-state index in [1.165, 1.54) is 12.4 Å². The van der Waals surface area contributed by atoms with Crippen LogP contribution in [0.2, 0.25) is 0 Å². The highest BCUT2D eigenvalue weighted by atomic mass is 79.9. The van der Waals surface area contributed by atoms with Gasteiger partial charge in [-0.15, -0.1) is 5.10 Å². The topological polar surface area (TPSA) is 75.9 Å². The summed E-state index contributed by atoms with van der Waals surface area (Å²) in [6, 6.07) is 12.9. The van der Waals surface area contributed by atoms with Crippen LogP contribution in [0.3, 0.4) is 0 Å². The summed E-state index contributed by atoms with van der Waals surface area (Å²) in [6.45, 7) is 3.60. The minimum atomic E-state index is -0.281. The highest BCUT2D eigenvalue weighted by Gasteiger charge is 2.28. The summed E-state index contributed by atoms with van der Waals surface area (Å²) in [5, 5.41) is 8.37. The number of piperidine rings is 1. The molecule has 1 aliphatic rings. The Bertz CT molecular complexity index is 1340. The van der Waals surface area contributed by atoms with Gasteiger partial charge in [-0.05, 0) is 55.2 Å². The van der Waals surface area contributed by atoms with Crippen molar-refractivity contribution < 1.29 is 9.18 Å². The van der Waals surface area contributed by atoms with E-state index in [0.717, 1.165) is 40.6 Å². The Morgan fingerprint density at radius 1 is 1.21 bits per heavy atom. The highest BCUT2D eigenvalue weighted by molar-refractivity contribution is 9.10. The second kappa shape index (κ2) is 9.50. The number of anilines is 1. The fraction of sp³-hybridized carbons (Fsp3) is 0.280.